The molecule has 1 heterocycles. The van der Waals surface area contributed by atoms with Gasteiger partial charge in [0.2, 0.25) is 10.0 Å². The van der Waals surface area contributed by atoms with Crippen LogP contribution in [0.15, 0.2) is 66.1 Å². The molecule has 0 N–H and O–H groups in total. The Morgan fingerprint density at radius 2 is 1.69 bits per heavy atom. The maximum absolute atomic E-state index is 12.5. The van der Waals surface area contributed by atoms with Crippen molar-refractivity contribution in [2.75, 3.05) is 31.1 Å². The third kappa shape index (κ3) is 7.44. The summed E-state index contributed by atoms with van der Waals surface area (Å²) in [5.41, 5.74) is 2.19. The van der Waals surface area contributed by atoms with E-state index in [0.717, 1.165) is 42.7 Å². The third-order valence-electron chi connectivity index (χ3n) is 5.38. The lowest BCUT2D eigenvalue weighted by atomic mass is 10.2. The zero-order valence-corrected chi connectivity index (χ0v) is 19.6. The molecule has 1 fully saturated rings. The number of para-hydroxylation sites is 1. The molecule has 2 aromatic rings. The van der Waals surface area contributed by atoms with Crippen molar-refractivity contribution in [3.8, 4) is 17.6 Å². The van der Waals surface area contributed by atoms with E-state index in [1.807, 2.05) is 30.3 Å². The van der Waals surface area contributed by atoms with Crippen molar-refractivity contribution in [1.29, 1.82) is 0 Å². The maximum atomic E-state index is 12.5. The fourth-order valence-corrected chi connectivity index (χ4v) is 4.57. The van der Waals surface area contributed by atoms with Gasteiger partial charge < -0.3 is 9.64 Å². The summed E-state index contributed by atoms with van der Waals surface area (Å²) in [5.74, 6) is 6.71. The van der Waals surface area contributed by atoms with Crippen LogP contribution in [-0.4, -0.2) is 38.9 Å². The molecule has 6 heteroatoms. The Kier molecular flexibility index (Phi) is 9.21. The van der Waals surface area contributed by atoms with E-state index in [1.165, 1.54) is 15.8 Å². The molecule has 0 saturated carbocycles. The molecule has 0 unspecified atom stereocenters. The molecule has 3 rings (SSSR count). The summed E-state index contributed by atoms with van der Waals surface area (Å²) in [6, 6.07) is 18.0. The number of ether oxygens (including phenoxy) is 1. The summed E-state index contributed by atoms with van der Waals surface area (Å²) >= 11 is 0. The Balaban J connectivity index is 1.46. The van der Waals surface area contributed by atoms with Crippen LogP contribution < -0.4 is 9.64 Å². The van der Waals surface area contributed by atoms with Crippen molar-refractivity contribution in [3.63, 3.8) is 0 Å². The molecule has 0 aliphatic carbocycles. The molecule has 1 aliphatic rings. The van der Waals surface area contributed by atoms with Crippen molar-refractivity contribution in [1.82, 2.24) is 4.31 Å². The van der Waals surface area contributed by atoms with E-state index >= 15 is 0 Å². The standard InChI is InChI=1S/C26H32N2O3S/c1-2-3-4-5-6-7-11-22-32(29,30)28-20-18-27(19-21-28)25-16-14-24(15-17-25)23-31-26-12-9-8-10-13-26/h8-17,22H,2-5,18-21,23H2,1H3/b22-11+. The summed E-state index contributed by atoms with van der Waals surface area (Å²) in [5, 5.41) is 1.23. The molecule has 1 aliphatic heterocycles. The van der Waals surface area contributed by atoms with E-state index in [9.17, 15) is 8.42 Å². The van der Waals surface area contributed by atoms with Gasteiger partial charge in [-0.25, -0.2) is 8.42 Å². The first-order chi connectivity index (χ1) is 15.6. The van der Waals surface area contributed by atoms with Crippen molar-refractivity contribution in [2.45, 2.75) is 39.2 Å². The second-order valence-corrected chi connectivity index (χ2v) is 9.60. The van der Waals surface area contributed by atoms with E-state index in [1.54, 1.807) is 0 Å². The van der Waals surface area contributed by atoms with Crippen LogP contribution in [0.5, 0.6) is 5.75 Å². The molecule has 0 spiro atoms. The molecule has 32 heavy (non-hydrogen) atoms. The molecular weight excluding hydrogens is 420 g/mol. The van der Waals surface area contributed by atoms with Crippen LogP contribution in [0.1, 0.15) is 38.2 Å². The van der Waals surface area contributed by atoms with Crippen LogP contribution >= 0.6 is 0 Å². The van der Waals surface area contributed by atoms with Gasteiger partial charge in [-0.3, -0.25) is 0 Å². The summed E-state index contributed by atoms with van der Waals surface area (Å²) in [4.78, 5) is 2.21. The van der Waals surface area contributed by atoms with Gasteiger partial charge >= 0.3 is 0 Å². The molecule has 0 radical (unpaired) electrons. The number of unbranched alkanes of at least 4 members (excludes halogenated alkanes) is 3. The fraction of sp³-hybridized carbons (Fsp3) is 0.385. The smallest absolute Gasteiger partial charge is 0.236 e. The number of allylic oxidation sites excluding steroid dienone is 1. The number of rotatable bonds is 9. The number of piperazine rings is 1. The Bertz CT molecular complexity index is 1010. The third-order valence-corrected chi connectivity index (χ3v) is 6.94. The maximum Gasteiger partial charge on any atom is 0.236 e. The van der Waals surface area contributed by atoms with Gasteiger partial charge in [-0.05, 0) is 36.2 Å². The van der Waals surface area contributed by atoms with Crippen LogP contribution in [0, 0.1) is 11.8 Å². The van der Waals surface area contributed by atoms with E-state index in [2.05, 4.69) is 47.9 Å². The first-order valence-corrected chi connectivity index (χ1v) is 12.8. The summed E-state index contributed by atoms with van der Waals surface area (Å²) in [7, 11) is -3.42. The van der Waals surface area contributed by atoms with E-state index in [4.69, 9.17) is 4.74 Å². The lowest BCUT2D eigenvalue weighted by molar-refractivity contribution is 0.306. The van der Waals surface area contributed by atoms with Crippen LogP contribution in [0.2, 0.25) is 0 Å². The zero-order chi connectivity index (χ0) is 22.7. The summed E-state index contributed by atoms with van der Waals surface area (Å²) < 4.78 is 32.4. The number of sulfonamides is 1. The van der Waals surface area contributed by atoms with Gasteiger partial charge in [0.15, 0.2) is 0 Å². The minimum atomic E-state index is -3.42. The average Bonchev–Trinajstić information content (AvgIpc) is 2.83. The molecule has 170 valence electrons. The van der Waals surface area contributed by atoms with Crippen molar-refractivity contribution < 1.29 is 13.2 Å². The van der Waals surface area contributed by atoms with Gasteiger partial charge in [0.1, 0.15) is 12.4 Å². The van der Waals surface area contributed by atoms with E-state index in [-0.39, 0.29) is 0 Å². The highest BCUT2D eigenvalue weighted by atomic mass is 32.2. The summed E-state index contributed by atoms with van der Waals surface area (Å²) in [6.07, 6.45) is 5.65. The zero-order valence-electron chi connectivity index (χ0n) is 18.7. The highest BCUT2D eigenvalue weighted by molar-refractivity contribution is 7.92. The van der Waals surface area contributed by atoms with Gasteiger partial charge in [-0.15, -0.1) is 0 Å². The predicted molar refractivity (Wildman–Crippen MR) is 131 cm³/mol. The van der Waals surface area contributed by atoms with Crippen molar-refractivity contribution in [2.24, 2.45) is 0 Å². The lowest BCUT2D eigenvalue weighted by Crippen LogP contribution is -2.48. The predicted octanol–water partition coefficient (Wildman–Crippen LogP) is 4.81. The SMILES string of the molecule is CCCCCC#C/C=C/S(=O)(=O)N1CCN(c2ccc(COc3ccccc3)cc2)CC1. The molecule has 0 aromatic heterocycles. The molecule has 1 saturated heterocycles. The van der Waals surface area contributed by atoms with Crippen molar-refractivity contribution in [3.05, 3.63) is 71.6 Å². The van der Waals surface area contributed by atoms with E-state index in [0.29, 0.717) is 32.8 Å². The van der Waals surface area contributed by atoms with Crippen LogP contribution in [0.25, 0.3) is 0 Å². The molecular formula is C26H32N2O3S. The van der Waals surface area contributed by atoms with Gasteiger partial charge in [0.25, 0.3) is 0 Å². The highest BCUT2D eigenvalue weighted by Gasteiger charge is 2.25. The molecule has 0 amide bonds. The lowest BCUT2D eigenvalue weighted by Gasteiger charge is -2.34. The Morgan fingerprint density at radius 3 is 2.38 bits per heavy atom. The largest absolute Gasteiger partial charge is 0.489 e. The first-order valence-electron chi connectivity index (χ1n) is 11.3. The second-order valence-electron chi connectivity index (χ2n) is 7.78. The average molecular weight is 453 g/mol. The molecule has 0 bridgehead atoms. The second kappa shape index (κ2) is 12.3. The van der Waals surface area contributed by atoms with Crippen LogP contribution in [0.3, 0.4) is 0 Å². The van der Waals surface area contributed by atoms with Gasteiger partial charge in [-0.2, -0.15) is 4.31 Å². The van der Waals surface area contributed by atoms with E-state index < -0.39 is 10.0 Å². The Labute approximate surface area is 192 Å². The minimum absolute atomic E-state index is 0.468. The first kappa shape index (κ1) is 23.9. The number of hydrogen-bond acceptors (Lipinski definition) is 4. The number of anilines is 1. The van der Waals surface area contributed by atoms with Crippen molar-refractivity contribution >= 4 is 15.7 Å². The quantitative estimate of drug-likeness (QED) is 0.405. The Hall–Kier alpha value is -2.75. The Morgan fingerprint density at radius 1 is 0.969 bits per heavy atom. The topological polar surface area (TPSA) is 49.9 Å². The van der Waals surface area contributed by atoms with Crippen LogP contribution in [-0.2, 0) is 16.6 Å². The van der Waals surface area contributed by atoms with Gasteiger partial charge in [-0.1, -0.05) is 61.9 Å². The van der Waals surface area contributed by atoms with Gasteiger partial charge in [0.05, 0.1) is 5.41 Å². The van der Waals surface area contributed by atoms with Crippen LogP contribution in [0.4, 0.5) is 5.69 Å². The minimum Gasteiger partial charge on any atom is -0.489 e. The number of hydrogen-bond donors (Lipinski definition) is 0. The normalized spacial score (nSPS) is 14.8. The molecule has 2 aromatic carbocycles. The monoisotopic (exact) mass is 452 g/mol. The number of benzene rings is 2. The fourth-order valence-electron chi connectivity index (χ4n) is 3.49. The van der Waals surface area contributed by atoms with Gasteiger partial charge in [0, 0.05) is 44.4 Å². The summed E-state index contributed by atoms with van der Waals surface area (Å²) in [6.45, 7) is 4.93. The highest BCUT2D eigenvalue weighted by Crippen LogP contribution is 2.20. The molecule has 0 atom stereocenters. The number of nitrogens with zero attached hydrogens (tertiary/aromatic N) is 2. The molecule has 5 nitrogen and oxygen atoms in total.